The Hall–Kier alpha value is -3.41. The number of nitrogens with zero attached hydrogens (tertiary/aromatic N) is 2. The van der Waals surface area contributed by atoms with Crippen LogP contribution >= 0.6 is 0 Å². The van der Waals surface area contributed by atoms with Crippen LogP contribution in [-0.4, -0.2) is 21.9 Å². The highest BCUT2D eigenvalue weighted by molar-refractivity contribution is 5.88. The summed E-state index contributed by atoms with van der Waals surface area (Å²) in [7, 11) is 0. The normalized spacial score (nSPS) is 13.1. The van der Waals surface area contributed by atoms with Gasteiger partial charge < -0.3 is 16.0 Å². The van der Waals surface area contributed by atoms with Crippen LogP contribution in [0.15, 0.2) is 60.7 Å². The summed E-state index contributed by atoms with van der Waals surface area (Å²) in [5, 5.41) is 9.46. The predicted molar refractivity (Wildman–Crippen MR) is 108 cm³/mol. The van der Waals surface area contributed by atoms with Crippen molar-refractivity contribution in [3.63, 3.8) is 0 Å². The largest absolute Gasteiger partial charge is 0.351 e. The number of hydrogen-bond acceptors (Lipinski definition) is 5. The standard InChI is InChI=1S/C21H21N5O/c1-14(27)22-16-7-9-17(10-8-16)23-20-13-19(15-5-3-2-4-6-15)25-21(26-20)24-18-11-12-18/h2-10,13,18H,11-12H2,1H3,(H,22,27)(H2,23,24,25,26). The van der Waals surface area contributed by atoms with E-state index in [0.717, 1.165) is 41.3 Å². The molecule has 0 aliphatic heterocycles. The van der Waals surface area contributed by atoms with E-state index in [0.29, 0.717) is 12.0 Å². The lowest BCUT2D eigenvalue weighted by Gasteiger charge is -2.12. The number of hydrogen-bond donors (Lipinski definition) is 3. The third kappa shape index (κ3) is 4.61. The lowest BCUT2D eigenvalue weighted by Crippen LogP contribution is -2.08. The number of carbonyl (C=O) groups excluding carboxylic acids is 1. The smallest absolute Gasteiger partial charge is 0.225 e. The van der Waals surface area contributed by atoms with E-state index in [2.05, 4.69) is 25.9 Å². The Kier molecular flexibility index (Phi) is 4.70. The van der Waals surface area contributed by atoms with Crippen molar-refractivity contribution in [1.82, 2.24) is 9.97 Å². The molecule has 6 nitrogen and oxygen atoms in total. The molecule has 27 heavy (non-hydrogen) atoms. The second kappa shape index (κ2) is 7.45. The van der Waals surface area contributed by atoms with Crippen LogP contribution in [0.25, 0.3) is 11.3 Å². The van der Waals surface area contributed by atoms with E-state index in [4.69, 9.17) is 0 Å². The molecule has 2 aromatic carbocycles. The Morgan fingerprint density at radius 2 is 1.67 bits per heavy atom. The van der Waals surface area contributed by atoms with Crippen molar-refractivity contribution in [1.29, 1.82) is 0 Å². The molecule has 0 spiro atoms. The summed E-state index contributed by atoms with van der Waals surface area (Å²) in [5.41, 5.74) is 3.56. The lowest BCUT2D eigenvalue weighted by molar-refractivity contribution is -0.114. The molecular weight excluding hydrogens is 338 g/mol. The van der Waals surface area contributed by atoms with Crippen molar-refractivity contribution >= 4 is 29.0 Å². The van der Waals surface area contributed by atoms with Crippen LogP contribution in [0.5, 0.6) is 0 Å². The number of rotatable bonds is 6. The molecule has 6 heteroatoms. The van der Waals surface area contributed by atoms with Crippen molar-refractivity contribution in [3.05, 3.63) is 60.7 Å². The van der Waals surface area contributed by atoms with Crippen LogP contribution in [0.1, 0.15) is 19.8 Å². The van der Waals surface area contributed by atoms with Crippen LogP contribution in [-0.2, 0) is 4.79 Å². The summed E-state index contributed by atoms with van der Waals surface area (Å²) in [6.45, 7) is 1.49. The maximum absolute atomic E-state index is 11.1. The fourth-order valence-corrected chi connectivity index (χ4v) is 2.73. The first-order valence-corrected chi connectivity index (χ1v) is 9.01. The second-order valence-electron chi connectivity index (χ2n) is 6.63. The van der Waals surface area contributed by atoms with Crippen molar-refractivity contribution in [2.24, 2.45) is 0 Å². The second-order valence-corrected chi connectivity index (χ2v) is 6.63. The van der Waals surface area contributed by atoms with E-state index in [-0.39, 0.29) is 5.91 Å². The van der Waals surface area contributed by atoms with Crippen LogP contribution in [0, 0.1) is 0 Å². The summed E-state index contributed by atoms with van der Waals surface area (Å²) in [4.78, 5) is 20.4. The molecule has 1 saturated carbocycles. The van der Waals surface area contributed by atoms with E-state index >= 15 is 0 Å². The first-order valence-electron chi connectivity index (χ1n) is 9.01. The molecule has 0 radical (unpaired) electrons. The van der Waals surface area contributed by atoms with Gasteiger partial charge in [0, 0.05) is 36.0 Å². The van der Waals surface area contributed by atoms with Gasteiger partial charge >= 0.3 is 0 Å². The van der Waals surface area contributed by atoms with Gasteiger partial charge in [0.15, 0.2) is 0 Å². The van der Waals surface area contributed by atoms with Gasteiger partial charge in [0.1, 0.15) is 5.82 Å². The highest BCUT2D eigenvalue weighted by Crippen LogP contribution is 2.27. The molecule has 1 heterocycles. The average Bonchev–Trinajstić information content (AvgIpc) is 3.47. The van der Waals surface area contributed by atoms with Crippen LogP contribution in [0.2, 0.25) is 0 Å². The van der Waals surface area contributed by atoms with E-state index in [1.807, 2.05) is 60.7 Å². The lowest BCUT2D eigenvalue weighted by atomic mass is 10.1. The Balaban J connectivity index is 1.59. The minimum atomic E-state index is -0.0881. The molecule has 136 valence electrons. The number of amides is 1. The zero-order valence-electron chi connectivity index (χ0n) is 15.1. The van der Waals surface area contributed by atoms with Gasteiger partial charge in [-0.3, -0.25) is 4.79 Å². The zero-order chi connectivity index (χ0) is 18.6. The third-order valence-electron chi connectivity index (χ3n) is 4.18. The summed E-state index contributed by atoms with van der Waals surface area (Å²) in [5.74, 6) is 1.27. The molecule has 4 rings (SSSR count). The fourth-order valence-electron chi connectivity index (χ4n) is 2.73. The van der Waals surface area contributed by atoms with E-state index < -0.39 is 0 Å². The molecule has 3 aromatic rings. The van der Waals surface area contributed by atoms with Gasteiger partial charge in [0.25, 0.3) is 0 Å². The Labute approximate surface area is 158 Å². The predicted octanol–water partition coefficient (Wildman–Crippen LogP) is 4.42. The number of nitrogens with one attached hydrogen (secondary N) is 3. The fraction of sp³-hybridized carbons (Fsp3) is 0.190. The molecule has 1 aliphatic rings. The quantitative estimate of drug-likeness (QED) is 0.607. The van der Waals surface area contributed by atoms with Crippen molar-refractivity contribution in [2.45, 2.75) is 25.8 Å². The van der Waals surface area contributed by atoms with Gasteiger partial charge in [-0.25, -0.2) is 4.98 Å². The number of anilines is 4. The first kappa shape index (κ1) is 17.0. The van der Waals surface area contributed by atoms with Gasteiger partial charge in [-0.15, -0.1) is 0 Å². The van der Waals surface area contributed by atoms with Crippen molar-refractivity contribution in [2.75, 3.05) is 16.0 Å². The number of carbonyl (C=O) groups is 1. The number of benzene rings is 2. The minimum Gasteiger partial charge on any atom is -0.351 e. The Morgan fingerprint density at radius 3 is 2.33 bits per heavy atom. The van der Waals surface area contributed by atoms with Crippen LogP contribution < -0.4 is 16.0 Å². The van der Waals surface area contributed by atoms with E-state index in [9.17, 15) is 4.79 Å². The van der Waals surface area contributed by atoms with E-state index in [1.165, 1.54) is 6.92 Å². The summed E-state index contributed by atoms with van der Waals surface area (Å²) in [6.07, 6.45) is 2.32. The van der Waals surface area contributed by atoms with Crippen LogP contribution in [0.4, 0.5) is 23.1 Å². The molecule has 0 saturated heterocycles. The zero-order valence-corrected chi connectivity index (χ0v) is 15.1. The molecule has 0 unspecified atom stereocenters. The summed E-state index contributed by atoms with van der Waals surface area (Å²) < 4.78 is 0. The molecular formula is C21H21N5O. The SMILES string of the molecule is CC(=O)Nc1ccc(Nc2cc(-c3ccccc3)nc(NC3CC3)n2)cc1. The maximum Gasteiger partial charge on any atom is 0.225 e. The van der Waals surface area contributed by atoms with Gasteiger partial charge in [-0.2, -0.15) is 4.98 Å². The first-order chi connectivity index (χ1) is 13.2. The molecule has 0 bridgehead atoms. The molecule has 1 aromatic heterocycles. The minimum absolute atomic E-state index is 0.0881. The van der Waals surface area contributed by atoms with Gasteiger partial charge in [0.2, 0.25) is 11.9 Å². The van der Waals surface area contributed by atoms with Crippen LogP contribution in [0.3, 0.4) is 0 Å². The summed E-state index contributed by atoms with van der Waals surface area (Å²) in [6, 6.07) is 20.0. The van der Waals surface area contributed by atoms with Crippen molar-refractivity contribution < 1.29 is 4.79 Å². The third-order valence-corrected chi connectivity index (χ3v) is 4.18. The van der Waals surface area contributed by atoms with Gasteiger partial charge in [0.05, 0.1) is 5.69 Å². The van der Waals surface area contributed by atoms with Crippen molar-refractivity contribution in [3.8, 4) is 11.3 Å². The monoisotopic (exact) mass is 359 g/mol. The number of aromatic nitrogens is 2. The maximum atomic E-state index is 11.1. The molecule has 1 amide bonds. The highest BCUT2D eigenvalue weighted by atomic mass is 16.1. The van der Waals surface area contributed by atoms with Gasteiger partial charge in [-0.05, 0) is 37.1 Å². The highest BCUT2D eigenvalue weighted by Gasteiger charge is 2.22. The molecule has 0 atom stereocenters. The average molecular weight is 359 g/mol. The molecule has 1 aliphatic carbocycles. The molecule has 3 N–H and O–H groups in total. The Bertz CT molecular complexity index is 937. The van der Waals surface area contributed by atoms with Gasteiger partial charge in [-0.1, -0.05) is 30.3 Å². The van der Waals surface area contributed by atoms with E-state index in [1.54, 1.807) is 0 Å². The molecule has 1 fully saturated rings. The summed E-state index contributed by atoms with van der Waals surface area (Å²) >= 11 is 0. The Morgan fingerprint density at radius 1 is 0.963 bits per heavy atom. The topological polar surface area (TPSA) is 78.9 Å².